The van der Waals surface area contributed by atoms with Crippen molar-refractivity contribution in [2.45, 2.75) is 31.9 Å². The second kappa shape index (κ2) is 7.48. The van der Waals surface area contributed by atoms with Crippen molar-refractivity contribution in [3.63, 3.8) is 0 Å². The van der Waals surface area contributed by atoms with Crippen LogP contribution in [0.3, 0.4) is 0 Å². The summed E-state index contributed by atoms with van der Waals surface area (Å²) in [5.74, 6) is 1.26. The van der Waals surface area contributed by atoms with Gasteiger partial charge in [-0.25, -0.2) is 4.98 Å². The number of aliphatic hydroxyl groups excluding tert-OH is 1. The maximum absolute atomic E-state index is 9.54. The third kappa shape index (κ3) is 3.45. The lowest BCUT2D eigenvalue weighted by Gasteiger charge is -2.32. The van der Waals surface area contributed by atoms with Gasteiger partial charge in [-0.15, -0.1) is 0 Å². The predicted molar refractivity (Wildman–Crippen MR) is 102 cm³/mol. The number of hydrogen-bond acceptors (Lipinski definition) is 4. The summed E-state index contributed by atoms with van der Waals surface area (Å²) in [6.45, 7) is 3.04. The first-order valence-electron chi connectivity index (χ1n) is 9.19. The molecule has 0 aliphatic carbocycles. The average Bonchev–Trinajstić information content (AvgIpc) is 3.12. The highest BCUT2D eigenvalue weighted by atomic mass is 16.5. The normalized spacial score (nSPS) is 18.3. The van der Waals surface area contributed by atoms with Crippen molar-refractivity contribution in [1.82, 2.24) is 14.9 Å². The van der Waals surface area contributed by atoms with Gasteiger partial charge in [-0.3, -0.25) is 4.90 Å². The van der Waals surface area contributed by atoms with Crippen molar-refractivity contribution in [2.75, 3.05) is 20.2 Å². The van der Waals surface area contributed by atoms with Gasteiger partial charge in [0.2, 0.25) is 0 Å². The van der Waals surface area contributed by atoms with Crippen LogP contribution in [0.15, 0.2) is 42.6 Å². The second-order valence-corrected chi connectivity index (χ2v) is 7.04. The Bertz CT molecular complexity index is 857. The minimum Gasteiger partial charge on any atom is -0.496 e. The van der Waals surface area contributed by atoms with E-state index in [0.717, 1.165) is 36.6 Å². The van der Waals surface area contributed by atoms with E-state index in [2.05, 4.69) is 39.1 Å². The van der Waals surface area contributed by atoms with E-state index < -0.39 is 0 Å². The van der Waals surface area contributed by atoms with Crippen molar-refractivity contribution < 1.29 is 9.84 Å². The fourth-order valence-corrected chi connectivity index (χ4v) is 3.96. The van der Waals surface area contributed by atoms with Crippen LogP contribution in [-0.2, 0) is 13.2 Å². The number of aromatic nitrogens is 2. The number of piperidine rings is 1. The Morgan fingerprint density at radius 2 is 2.23 bits per heavy atom. The van der Waals surface area contributed by atoms with E-state index in [-0.39, 0.29) is 6.61 Å². The zero-order valence-corrected chi connectivity index (χ0v) is 15.1. The molecule has 5 heteroatoms. The van der Waals surface area contributed by atoms with Crippen LogP contribution in [0.4, 0.5) is 0 Å². The number of fused-ring (bicyclic) bond motifs is 1. The van der Waals surface area contributed by atoms with E-state index in [1.54, 1.807) is 7.11 Å². The van der Waals surface area contributed by atoms with Crippen LogP contribution in [-0.4, -0.2) is 40.2 Å². The molecule has 26 heavy (non-hydrogen) atoms. The summed E-state index contributed by atoms with van der Waals surface area (Å²) in [5, 5.41) is 10.7. The molecule has 3 heterocycles. The third-order valence-corrected chi connectivity index (χ3v) is 5.28. The van der Waals surface area contributed by atoms with Crippen LogP contribution in [0.5, 0.6) is 5.75 Å². The predicted octanol–water partition coefficient (Wildman–Crippen LogP) is 3.44. The maximum atomic E-state index is 9.54. The highest BCUT2D eigenvalue weighted by Gasteiger charge is 2.23. The molecule has 3 aromatic rings. The number of rotatable bonds is 5. The molecule has 0 bridgehead atoms. The van der Waals surface area contributed by atoms with Crippen molar-refractivity contribution in [3.8, 4) is 5.75 Å². The summed E-state index contributed by atoms with van der Waals surface area (Å²) in [6.07, 6.45) is 4.22. The minimum atomic E-state index is 0.00169. The lowest BCUT2D eigenvalue weighted by molar-refractivity contribution is 0.198. The molecule has 2 aromatic heterocycles. The summed E-state index contributed by atoms with van der Waals surface area (Å²) in [7, 11) is 1.64. The first-order valence-corrected chi connectivity index (χ1v) is 9.19. The summed E-state index contributed by atoms with van der Waals surface area (Å²) < 4.78 is 5.30. The first kappa shape index (κ1) is 17.1. The Kier molecular flexibility index (Phi) is 4.91. The van der Waals surface area contributed by atoms with Crippen molar-refractivity contribution in [1.29, 1.82) is 0 Å². The van der Waals surface area contributed by atoms with E-state index in [9.17, 15) is 5.11 Å². The second-order valence-electron chi connectivity index (χ2n) is 7.04. The van der Waals surface area contributed by atoms with Gasteiger partial charge < -0.3 is 14.8 Å². The number of ether oxygens (including phenoxy) is 1. The maximum Gasteiger partial charge on any atom is 0.137 e. The summed E-state index contributed by atoms with van der Waals surface area (Å²) in [5.41, 5.74) is 4.32. The lowest BCUT2D eigenvalue weighted by atomic mass is 9.94. The number of aromatic amines is 1. The molecule has 0 spiro atoms. The van der Waals surface area contributed by atoms with Gasteiger partial charge in [-0.1, -0.05) is 6.07 Å². The molecule has 1 aromatic carbocycles. The summed E-state index contributed by atoms with van der Waals surface area (Å²) >= 11 is 0. The topological polar surface area (TPSA) is 61.4 Å². The molecule has 1 fully saturated rings. The minimum absolute atomic E-state index is 0.00169. The zero-order valence-electron chi connectivity index (χ0n) is 15.1. The van der Waals surface area contributed by atoms with E-state index in [0.29, 0.717) is 5.92 Å². The van der Waals surface area contributed by atoms with Gasteiger partial charge in [-0.05, 0) is 55.3 Å². The van der Waals surface area contributed by atoms with Gasteiger partial charge in [0.1, 0.15) is 11.4 Å². The zero-order chi connectivity index (χ0) is 17.9. The van der Waals surface area contributed by atoms with Crippen LogP contribution >= 0.6 is 0 Å². The smallest absolute Gasteiger partial charge is 0.137 e. The number of pyridine rings is 1. The van der Waals surface area contributed by atoms with Crippen LogP contribution in [0.1, 0.15) is 35.6 Å². The van der Waals surface area contributed by atoms with Gasteiger partial charge in [0.25, 0.3) is 0 Å². The van der Waals surface area contributed by atoms with Crippen molar-refractivity contribution in [3.05, 3.63) is 59.4 Å². The molecule has 5 nitrogen and oxygen atoms in total. The van der Waals surface area contributed by atoms with Gasteiger partial charge in [-0.2, -0.15) is 0 Å². The first-order chi connectivity index (χ1) is 12.8. The van der Waals surface area contributed by atoms with E-state index in [4.69, 9.17) is 4.74 Å². The fourth-order valence-electron chi connectivity index (χ4n) is 3.96. The molecule has 136 valence electrons. The Balaban J connectivity index is 1.48. The Morgan fingerprint density at radius 1 is 1.31 bits per heavy atom. The molecular weight excluding hydrogens is 326 g/mol. The summed E-state index contributed by atoms with van der Waals surface area (Å²) in [6, 6.07) is 12.4. The standard InChI is InChI=1S/C21H25N3O2/c1-26-20-7-6-15(10-18(20)14-25)12-24-9-3-5-17(13-24)19-11-16-4-2-8-22-21(16)23-19/h2,4,6-8,10-11,17,25H,3,5,9,12-14H2,1H3,(H,22,23)/t17-/m1/s1. The number of likely N-dealkylation sites (tertiary alicyclic amines) is 1. The molecule has 0 unspecified atom stereocenters. The van der Waals surface area contributed by atoms with Gasteiger partial charge >= 0.3 is 0 Å². The van der Waals surface area contributed by atoms with Crippen LogP contribution < -0.4 is 4.74 Å². The summed E-state index contributed by atoms with van der Waals surface area (Å²) in [4.78, 5) is 10.4. The quantitative estimate of drug-likeness (QED) is 0.739. The van der Waals surface area contributed by atoms with E-state index in [1.165, 1.54) is 29.5 Å². The fraction of sp³-hybridized carbons (Fsp3) is 0.381. The molecule has 0 amide bonds. The number of methoxy groups -OCH3 is 1. The molecule has 0 saturated carbocycles. The van der Waals surface area contributed by atoms with E-state index in [1.807, 2.05) is 18.3 Å². The molecule has 1 saturated heterocycles. The van der Waals surface area contributed by atoms with Crippen molar-refractivity contribution >= 4 is 11.0 Å². The van der Waals surface area contributed by atoms with Gasteiger partial charge in [0, 0.05) is 41.8 Å². The van der Waals surface area contributed by atoms with Crippen molar-refractivity contribution in [2.24, 2.45) is 0 Å². The number of nitrogens with zero attached hydrogens (tertiary/aromatic N) is 2. The highest BCUT2D eigenvalue weighted by Crippen LogP contribution is 2.29. The molecular formula is C21H25N3O2. The number of hydrogen-bond donors (Lipinski definition) is 2. The Hall–Kier alpha value is -2.37. The molecule has 0 radical (unpaired) electrons. The molecule has 1 atom stereocenters. The van der Waals surface area contributed by atoms with Crippen LogP contribution in [0.2, 0.25) is 0 Å². The number of benzene rings is 1. The highest BCUT2D eigenvalue weighted by molar-refractivity contribution is 5.76. The molecule has 1 aliphatic rings. The third-order valence-electron chi connectivity index (χ3n) is 5.28. The Labute approximate surface area is 153 Å². The number of nitrogens with one attached hydrogen (secondary N) is 1. The van der Waals surface area contributed by atoms with Crippen LogP contribution in [0.25, 0.3) is 11.0 Å². The molecule has 2 N–H and O–H groups in total. The van der Waals surface area contributed by atoms with Crippen LogP contribution in [0, 0.1) is 0 Å². The number of H-pyrrole nitrogens is 1. The molecule has 1 aliphatic heterocycles. The monoisotopic (exact) mass is 351 g/mol. The SMILES string of the molecule is COc1ccc(CN2CCC[C@@H](c3cc4cccnc4[nH]3)C2)cc1CO. The van der Waals surface area contributed by atoms with Gasteiger partial charge in [0.15, 0.2) is 0 Å². The van der Waals surface area contributed by atoms with E-state index >= 15 is 0 Å². The largest absolute Gasteiger partial charge is 0.496 e. The Morgan fingerprint density at radius 3 is 3.04 bits per heavy atom. The van der Waals surface area contributed by atoms with Gasteiger partial charge in [0.05, 0.1) is 13.7 Å². The molecule has 4 rings (SSSR count). The number of aliphatic hydroxyl groups is 1. The lowest BCUT2D eigenvalue weighted by Crippen LogP contribution is -2.34. The average molecular weight is 351 g/mol.